The third-order valence-corrected chi connectivity index (χ3v) is 4.15. The highest BCUT2D eigenvalue weighted by atomic mass is 79.9. The molecule has 0 saturated carbocycles. The van der Waals surface area contributed by atoms with Gasteiger partial charge < -0.3 is 10.1 Å². The van der Waals surface area contributed by atoms with Crippen molar-refractivity contribution in [3.8, 4) is 0 Å². The van der Waals surface area contributed by atoms with Crippen molar-refractivity contribution in [2.24, 2.45) is 0 Å². The Morgan fingerprint density at radius 1 is 1.35 bits per heavy atom. The number of hydrogen-bond acceptors (Lipinski definition) is 2. The number of carboxylic acid groups (broad SMARTS) is 1. The molecule has 4 nitrogen and oxygen atoms in total. The molecule has 0 radical (unpaired) electrons. The van der Waals surface area contributed by atoms with Crippen molar-refractivity contribution >= 4 is 21.9 Å². The van der Waals surface area contributed by atoms with E-state index in [0.717, 1.165) is 15.7 Å². The minimum absolute atomic E-state index is 0.0172. The number of aliphatic carboxylic acids is 1. The summed E-state index contributed by atoms with van der Waals surface area (Å²) in [5, 5.41) is 9.17. The molecule has 0 fully saturated rings. The molecule has 0 aliphatic rings. The van der Waals surface area contributed by atoms with Crippen LogP contribution in [0.3, 0.4) is 0 Å². The predicted molar refractivity (Wildman–Crippen MR) is 81.0 cm³/mol. The van der Waals surface area contributed by atoms with Crippen molar-refractivity contribution in [1.29, 1.82) is 0 Å². The number of nitrogens with one attached hydrogen (secondary N) is 1. The molecule has 0 aliphatic carbocycles. The Morgan fingerprint density at radius 3 is 2.60 bits per heavy atom. The molecule has 2 rings (SSSR count). The number of aromatic amines is 1. The van der Waals surface area contributed by atoms with E-state index in [1.165, 1.54) is 11.1 Å². The van der Waals surface area contributed by atoms with Crippen molar-refractivity contribution in [2.75, 3.05) is 0 Å². The lowest BCUT2D eigenvalue weighted by Crippen LogP contribution is -2.11. The number of carbonyl (C=O) groups is 1. The van der Waals surface area contributed by atoms with Gasteiger partial charge in [0.05, 0.1) is 18.5 Å². The molecule has 1 aromatic heterocycles. The third kappa shape index (κ3) is 2.93. The second-order valence-corrected chi connectivity index (χ2v) is 5.84. The van der Waals surface area contributed by atoms with Crippen molar-refractivity contribution in [1.82, 2.24) is 9.97 Å². The summed E-state index contributed by atoms with van der Waals surface area (Å²) in [4.78, 5) is 18.5. The Bertz CT molecular complexity index is 649. The average Bonchev–Trinajstić information content (AvgIpc) is 2.80. The van der Waals surface area contributed by atoms with Crippen LogP contribution in [-0.4, -0.2) is 21.0 Å². The summed E-state index contributed by atoms with van der Waals surface area (Å²) < 4.78 is 0.754. The maximum absolute atomic E-state index is 11.2. The van der Waals surface area contributed by atoms with Gasteiger partial charge in [-0.3, -0.25) is 4.79 Å². The predicted octanol–water partition coefficient (Wildman–Crippen LogP) is 3.70. The minimum Gasteiger partial charge on any atom is -0.481 e. The number of H-pyrrole nitrogens is 1. The van der Waals surface area contributed by atoms with Crippen LogP contribution in [0.25, 0.3) is 0 Å². The number of hydrogen-bond donors (Lipinski definition) is 2. The fraction of sp³-hybridized carbons (Fsp3) is 0.333. The number of benzene rings is 1. The first-order chi connectivity index (χ1) is 9.40. The molecule has 2 N–H and O–H groups in total. The van der Waals surface area contributed by atoms with Crippen LogP contribution >= 0.6 is 15.9 Å². The van der Waals surface area contributed by atoms with Crippen molar-refractivity contribution in [3.63, 3.8) is 0 Å². The maximum atomic E-state index is 11.2. The Labute approximate surface area is 126 Å². The van der Waals surface area contributed by atoms with Gasteiger partial charge >= 0.3 is 5.97 Å². The maximum Gasteiger partial charge on any atom is 0.304 e. The molecule has 106 valence electrons. The summed E-state index contributed by atoms with van der Waals surface area (Å²) in [7, 11) is 0. The van der Waals surface area contributed by atoms with Gasteiger partial charge in [-0.2, -0.15) is 0 Å². The molecule has 0 saturated heterocycles. The molecule has 0 spiro atoms. The van der Waals surface area contributed by atoms with Crippen LogP contribution in [0.2, 0.25) is 0 Å². The summed E-state index contributed by atoms with van der Waals surface area (Å²) in [6.07, 6.45) is 1.67. The second-order valence-electron chi connectivity index (χ2n) is 4.99. The van der Waals surface area contributed by atoms with E-state index in [-0.39, 0.29) is 12.3 Å². The lowest BCUT2D eigenvalue weighted by Gasteiger charge is -2.18. The first kappa shape index (κ1) is 14.8. The highest BCUT2D eigenvalue weighted by Gasteiger charge is 2.23. The number of carboxylic acids is 1. The summed E-state index contributed by atoms with van der Waals surface area (Å²) in [6.45, 7) is 6.15. The monoisotopic (exact) mass is 336 g/mol. The van der Waals surface area contributed by atoms with Gasteiger partial charge in [0.15, 0.2) is 0 Å². The number of imidazole rings is 1. The van der Waals surface area contributed by atoms with Gasteiger partial charge in [-0.15, -0.1) is 0 Å². The Morgan fingerprint density at radius 2 is 2.05 bits per heavy atom. The standard InChI is InChI=1S/C15H17BrN2O2/c1-8-4-5-11(10(3)9(8)2)12(6-14(19)20)15-17-7-13(16)18-15/h4-5,7,12H,6H2,1-3H3,(H,17,18)(H,19,20). The average molecular weight is 337 g/mol. The molecule has 1 unspecified atom stereocenters. The fourth-order valence-electron chi connectivity index (χ4n) is 2.37. The van der Waals surface area contributed by atoms with Crippen molar-refractivity contribution in [3.05, 3.63) is 51.0 Å². The summed E-state index contributed by atoms with van der Waals surface area (Å²) in [6, 6.07) is 4.03. The first-order valence-electron chi connectivity index (χ1n) is 6.39. The van der Waals surface area contributed by atoms with Gasteiger partial charge in [0, 0.05) is 0 Å². The highest BCUT2D eigenvalue weighted by Crippen LogP contribution is 2.31. The molecule has 1 heterocycles. The van der Waals surface area contributed by atoms with Crippen LogP contribution < -0.4 is 0 Å². The first-order valence-corrected chi connectivity index (χ1v) is 7.18. The SMILES string of the molecule is Cc1ccc(C(CC(=O)O)c2ncc(Br)[nH]2)c(C)c1C. The lowest BCUT2D eigenvalue weighted by atomic mass is 9.88. The number of aromatic nitrogens is 2. The van der Waals surface area contributed by atoms with E-state index >= 15 is 0 Å². The zero-order valence-electron chi connectivity index (χ0n) is 11.7. The fourth-order valence-corrected chi connectivity index (χ4v) is 2.68. The van der Waals surface area contributed by atoms with Crippen molar-refractivity contribution in [2.45, 2.75) is 33.1 Å². The number of halogens is 1. The zero-order chi connectivity index (χ0) is 14.9. The van der Waals surface area contributed by atoms with Crippen LogP contribution in [0.4, 0.5) is 0 Å². The minimum atomic E-state index is -0.833. The number of rotatable bonds is 4. The topological polar surface area (TPSA) is 66.0 Å². The molecule has 2 aromatic rings. The van der Waals surface area contributed by atoms with E-state index in [4.69, 9.17) is 0 Å². The van der Waals surface area contributed by atoms with Gasteiger partial charge in [0.2, 0.25) is 0 Å². The molecule has 5 heteroatoms. The van der Waals surface area contributed by atoms with Gasteiger partial charge in [-0.1, -0.05) is 12.1 Å². The van der Waals surface area contributed by atoms with Crippen LogP contribution in [0, 0.1) is 20.8 Å². The third-order valence-electron chi connectivity index (χ3n) is 3.75. The normalized spacial score (nSPS) is 12.4. The van der Waals surface area contributed by atoms with E-state index in [0.29, 0.717) is 5.82 Å². The molecule has 20 heavy (non-hydrogen) atoms. The van der Waals surface area contributed by atoms with E-state index in [1.54, 1.807) is 6.20 Å². The van der Waals surface area contributed by atoms with Gasteiger partial charge in [-0.05, 0) is 59.0 Å². The van der Waals surface area contributed by atoms with E-state index in [1.807, 2.05) is 19.1 Å². The Kier molecular flexibility index (Phi) is 4.28. The number of nitrogens with zero attached hydrogens (tertiary/aromatic N) is 1. The van der Waals surface area contributed by atoms with E-state index in [9.17, 15) is 9.90 Å². The quantitative estimate of drug-likeness (QED) is 0.894. The largest absolute Gasteiger partial charge is 0.481 e. The summed E-state index contributed by atoms with van der Waals surface area (Å²) in [5.41, 5.74) is 4.55. The molecule has 0 bridgehead atoms. The van der Waals surface area contributed by atoms with Gasteiger partial charge in [0.25, 0.3) is 0 Å². The van der Waals surface area contributed by atoms with Crippen molar-refractivity contribution < 1.29 is 9.90 Å². The molecule has 0 amide bonds. The molecular weight excluding hydrogens is 320 g/mol. The number of aryl methyl sites for hydroxylation is 1. The van der Waals surface area contributed by atoms with Crippen LogP contribution in [0.15, 0.2) is 22.9 Å². The molecule has 1 atom stereocenters. The van der Waals surface area contributed by atoms with Gasteiger partial charge in [0.1, 0.15) is 10.4 Å². The Hall–Kier alpha value is -1.62. The second kappa shape index (κ2) is 5.79. The molecular formula is C15H17BrN2O2. The molecule has 1 aromatic carbocycles. The summed E-state index contributed by atoms with van der Waals surface area (Å²) in [5.74, 6) is -0.427. The van der Waals surface area contributed by atoms with Crippen LogP contribution in [0.5, 0.6) is 0 Å². The van der Waals surface area contributed by atoms with Gasteiger partial charge in [-0.25, -0.2) is 4.98 Å². The van der Waals surface area contributed by atoms with Crippen LogP contribution in [-0.2, 0) is 4.79 Å². The zero-order valence-corrected chi connectivity index (χ0v) is 13.3. The smallest absolute Gasteiger partial charge is 0.304 e. The van der Waals surface area contributed by atoms with E-state index < -0.39 is 5.97 Å². The summed E-state index contributed by atoms with van der Waals surface area (Å²) >= 11 is 3.32. The Balaban J connectivity index is 2.52. The van der Waals surface area contributed by atoms with E-state index in [2.05, 4.69) is 39.7 Å². The van der Waals surface area contributed by atoms with Crippen LogP contribution in [0.1, 0.15) is 40.4 Å². The lowest BCUT2D eigenvalue weighted by molar-refractivity contribution is -0.137. The highest BCUT2D eigenvalue weighted by molar-refractivity contribution is 9.10. The molecule has 0 aliphatic heterocycles.